The largest absolute Gasteiger partial charge is 0.478 e. The van der Waals surface area contributed by atoms with Crippen LogP contribution in [0.3, 0.4) is 0 Å². The lowest BCUT2D eigenvalue weighted by atomic mass is 10.1. The second-order valence-electron chi connectivity index (χ2n) is 3.07. The molecule has 3 N–H and O–H groups in total. The Labute approximate surface area is 96.6 Å². The molecule has 15 heavy (non-hydrogen) atoms. The molecule has 1 rings (SSSR count). The van der Waals surface area contributed by atoms with Crippen LogP contribution in [0.25, 0.3) is 0 Å². The Balaban J connectivity index is 2.73. The van der Waals surface area contributed by atoms with E-state index in [1.807, 2.05) is 0 Å². The fourth-order valence-corrected chi connectivity index (χ4v) is 2.29. The third-order valence-electron chi connectivity index (χ3n) is 1.95. The number of carboxylic acid groups (broad SMARTS) is 1. The molecule has 0 bridgehead atoms. The van der Waals surface area contributed by atoms with E-state index < -0.39 is 18.2 Å². The van der Waals surface area contributed by atoms with Gasteiger partial charge in [-0.05, 0) is 18.2 Å². The van der Waals surface area contributed by atoms with E-state index >= 15 is 0 Å². The molecule has 1 aromatic rings. The molecule has 2 atom stereocenters. The smallest absolute Gasteiger partial charge is 0.336 e. The third kappa shape index (κ3) is 3.20. The van der Waals surface area contributed by atoms with E-state index in [0.717, 1.165) is 11.3 Å². The Morgan fingerprint density at radius 1 is 1.53 bits per heavy atom. The molecule has 0 fully saturated rings. The molecule has 4 nitrogen and oxygen atoms in total. The Kier molecular flexibility index (Phi) is 4.59. The predicted octanol–water partition coefficient (Wildman–Crippen LogP) is 1.16. The van der Waals surface area contributed by atoms with Gasteiger partial charge in [0.2, 0.25) is 0 Å². The SMILES string of the molecule is O=C(O)c1csc(C(O)C(O)CCS)c1. The fraction of sp³-hybridized carbons (Fsp3) is 0.444. The Morgan fingerprint density at radius 3 is 2.67 bits per heavy atom. The number of hydrogen-bond donors (Lipinski definition) is 4. The molecule has 0 aromatic carbocycles. The first-order chi connectivity index (χ1) is 7.06. The summed E-state index contributed by atoms with van der Waals surface area (Å²) in [7, 11) is 0. The molecule has 0 saturated carbocycles. The number of hydrogen-bond acceptors (Lipinski definition) is 5. The highest BCUT2D eigenvalue weighted by atomic mass is 32.1. The van der Waals surface area contributed by atoms with Crippen LogP contribution < -0.4 is 0 Å². The molecule has 0 aliphatic carbocycles. The van der Waals surface area contributed by atoms with Gasteiger partial charge in [-0.15, -0.1) is 11.3 Å². The standard InChI is InChI=1S/C9H12O4S2/c10-6(1-2-14)8(11)7-3-5(4-15-7)9(12)13/h3-4,6,8,10-11,14H,1-2H2,(H,12,13). The Hall–Kier alpha value is -0.560. The van der Waals surface area contributed by atoms with Crippen LogP contribution in [-0.4, -0.2) is 33.1 Å². The maximum absolute atomic E-state index is 10.6. The van der Waals surface area contributed by atoms with E-state index in [4.69, 9.17) is 5.11 Å². The van der Waals surface area contributed by atoms with Crippen LogP contribution in [-0.2, 0) is 0 Å². The van der Waals surface area contributed by atoms with Gasteiger partial charge in [0, 0.05) is 10.3 Å². The first kappa shape index (κ1) is 12.5. The van der Waals surface area contributed by atoms with Gasteiger partial charge in [-0.25, -0.2) is 4.79 Å². The molecular weight excluding hydrogens is 236 g/mol. The number of thiol groups is 1. The van der Waals surface area contributed by atoms with Crippen molar-refractivity contribution >= 4 is 29.9 Å². The van der Waals surface area contributed by atoms with Crippen LogP contribution in [0.1, 0.15) is 27.8 Å². The molecule has 6 heteroatoms. The summed E-state index contributed by atoms with van der Waals surface area (Å²) in [5.74, 6) is -0.566. The highest BCUT2D eigenvalue weighted by Gasteiger charge is 2.20. The van der Waals surface area contributed by atoms with E-state index in [9.17, 15) is 15.0 Å². The van der Waals surface area contributed by atoms with Gasteiger partial charge >= 0.3 is 5.97 Å². The summed E-state index contributed by atoms with van der Waals surface area (Å²) in [4.78, 5) is 11.0. The molecule has 0 radical (unpaired) electrons. The molecule has 0 aliphatic heterocycles. The van der Waals surface area contributed by atoms with Crippen molar-refractivity contribution in [1.29, 1.82) is 0 Å². The summed E-state index contributed by atoms with van der Waals surface area (Å²) in [5.41, 5.74) is 0.132. The zero-order valence-electron chi connectivity index (χ0n) is 7.83. The van der Waals surface area contributed by atoms with Gasteiger partial charge in [0.05, 0.1) is 11.7 Å². The minimum absolute atomic E-state index is 0.132. The molecular formula is C9H12O4S2. The average molecular weight is 248 g/mol. The average Bonchev–Trinajstić information content (AvgIpc) is 2.65. The van der Waals surface area contributed by atoms with Crippen LogP contribution in [0.2, 0.25) is 0 Å². The second kappa shape index (κ2) is 5.50. The van der Waals surface area contributed by atoms with Crippen molar-refractivity contribution in [2.24, 2.45) is 0 Å². The van der Waals surface area contributed by atoms with Crippen molar-refractivity contribution < 1.29 is 20.1 Å². The lowest BCUT2D eigenvalue weighted by Crippen LogP contribution is -2.17. The first-order valence-corrected chi connectivity index (χ1v) is 5.86. The topological polar surface area (TPSA) is 77.8 Å². The van der Waals surface area contributed by atoms with Crippen molar-refractivity contribution in [2.75, 3.05) is 5.75 Å². The molecule has 0 amide bonds. The zero-order chi connectivity index (χ0) is 11.4. The zero-order valence-corrected chi connectivity index (χ0v) is 9.54. The summed E-state index contributed by atoms with van der Waals surface area (Å²) >= 11 is 5.07. The molecule has 0 aliphatic rings. The highest BCUT2D eigenvalue weighted by Crippen LogP contribution is 2.26. The van der Waals surface area contributed by atoms with Crippen LogP contribution in [0.15, 0.2) is 11.4 Å². The third-order valence-corrected chi connectivity index (χ3v) is 3.21. The van der Waals surface area contributed by atoms with Gasteiger partial charge in [-0.3, -0.25) is 0 Å². The molecule has 0 saturated heterocycles. The van der Waals surface area contributed by atoms with Gasteiger partial charge in [-0.1, -0.05) is 0 Å². The highest BCUT2D eigenvalue weighted by molar-refractivity contribution is 7.80. The van der Waals surface area contributed by atoms with Crippen molar-refractivity contribution in [2.45, 2.75) is 18.6 Å². The number of aliphatic hydroxyl groups is 2. The Morgan fingerprint density at radius 2 is 2.20 bits per heavy atom. The molecule has 2 unspecified atom stereocenters. The van der Waals surface area contributed by atoms with Crippen LogP contribution in [0.5, 0.6) is 0 Å². The van der Waals surface area contributed by atoms with E-state index in [1.165, 1.54) is 11.4 Å². The van der Waals surface area contributed by atoms with Gasteiger partial charge in [0.1, 0.15) is 6.10 Å². The van der Waals surface area contributed by atoms with Gasteiger partial charge in [0.25, 0.3) is 0 Å². The number of aliphatic hydroxyl groups excluding tert-OH is 2. The van der Waals surface area contributed by atoms with Crippen molar-refractivity contribution in [3.05, 3.63) is 21.9 Å². The van der Waals surface area contributed by atoms with E-state index in [0.29, 0.717) is 17.1 Å². The summed E-state index contributed by atoms with van der Waals surface area (Å²) in [6.45, 7) is 0. The van der Waals surface area contributed by atoms with Crippen LogP contribution in [0, 0.1) is 0 Å². The maximum atomic E-state index is 10.6. The molecule has 1 heterocycles. The van der Waals surface area contributed by atoms with Crippen molar-refractivity contribution in [3.63, 3.8) is 0 Å². The van der Waals surface area contributed by atoms with Crippen LogP contribution >= 0.6 is 24.0 Å². The number of rotatable bonds is 5. The number of aromatic carboxylic acids is 1. The molecule has 1 aromatic heterocycles. The predicted molar refractivity (Wildman–Crippen MR) is 60.7 cm³/mol. The number of thiophene rings is 1. The Bertz CT molecular complexity index is 337. The van der Waals surface area contributed by atoms with Gasteiger partial charge < -0.3 is 15.3 Å². The number of carboxylic acids is 1. The van der Waals surface area contributed by atoms with Crippen LogP contribution in [0.4, 0.5) is 0 Å². The van der Waals surface area contributed by atoms with Gasteiger partial charge in [0.15, 0.2) is 0 Å². The number of carbonyl (C=O) groups is 1. The van der Waals surface area contributed by atoms with E-state index in [2.05, 4.69) is 12.6 Å². The summed E-state index contributed by atoms with van der Waals surface area (Å²) in [6, 6.07) is 1.37. The van der Waals surface area contributed by atoms with E-state index in [-0.39, 0.29) is 5.56 Å². The van der Waals surface area contributed by atoms with E-state index in [1.54, 1.807) is 0 Å². The minimum atomic E-state index is -1.03. The maximum Gasteiger partial charge on any atom is 0.336 e. The van der Waals surface area contributed by atoms with Crippen molar-refractivity contribution in [3.8, 4) is 0 Å². The summed E-state index contributed by atoms with van der Waals surface area (Å²) in [6.07, 6.45) is -1.57. The molecule has 84 valence electrons. The molecule has 0 spiro atoms. The summed E-state index contributed by atoms with van der Waals surface area (Å²) in [5, 5.41) is 29.2. The monoisotopic (exact) mass is 248 g/mol. The first-order valence-electron chi connectivity index (χ1n) is 4.35. The lowest BCUT2D eigenvalue weighted by molar-refractivity contribution is 0.0193. The van der Waals surface area contributed by atoms with Gasteiger partial charge in [-0.2, -0.15) is 12.6 Å². The fourth-order valence-electron chi connectivity index (χ4n) is 1.10. The summed E-state index contributed by atoms with van der Waals surface area (Å²) < 4.78 is 0. The minimum Gasteiger partial charge on any atom is -0.478 e. The second-order valence-corrected chi connectivity index (χ2v) is 4.46. The van der Waals surface area contributed by atoms with Crippen molar-refractivity contribution in [1.82, 2.24) is 0 Å². The normalized spacial score (nSPS) is 14.9. The lowest BCUT2D eigenvalue weighted by Gasteiger charge is -2.14. The quantitative estimate of drug-likeness (QED) is 0.590.